The predicted octanol–water partition coefficient (Wildman–Crippen LogP) is 5.14. The SMILES string of the molecule is CC(=O)c1ccc([N+](=O)[O-])cc1.CSC(=CC(=O)c1ccc([N+](=O)[O-])cc1)SC. The first kappa shape index (κ1) is 24.1. The lowest BCUT2D eigenvalue weighted by molar-refractivity contribution is -0.385. The van der Waals surface area contributed by atoms with Crippen molar-refractivity contribution in [3.05, 3.63) is 90.2 Å². The maximum absolute atomic E-state index is 11.8. The van der Waals surface area contributed by atoms with Crippen LogP contribution in [-0.4, -0.2) is 33.9 Å². The average Bonchev–Trinajstić information content (AvgIpc) is 2.72. The Morgan fingerprint density at radius 2 is 1.17 bits per heavy atom. The van der Waals surface area contributed by atoms with Crippen LogP contribution in [0.2, 0.25) is 0 Å². The summed E-state index contributed by atoms with van der Waals surface area (Å²) in [4.78, 5) is 42.2. The van der Waals surface area contributed by atoms with Gasteiger partial charge in [0.15, 0.2) is 11.6 Å². The van der Waals surface area contributed by atoms with Gasteiger partial charge < -0.3 is 0 Å². The molecule has 0 aliphatic heterocycles. The van der Waals surface area contributed by atoms with E-state index in [0.29, 0.717) is 11.1 Å². The standard InChI is InChI=1S/C11H11NO3S2.C8H7NO3/c1-16-11(17-2)7-10(13)8-3-5-9(6-4-8)12(14)15;1-6(10)7-2-4-8(5-3-7)9(11)12/h3-7H,1-2H3;2-5H,1H3. The van der Waals surface area contributed by atoms with Crippen molar-refractivity contribution in [3.8, 4) is 0 Å². The van der Waals surface area contributed by atoms with Gasteiger partial charge in [-0.1, -0.05) is 0 Å². The molecule has 0 saturated heterocycles. The van der Waals surface area contributed by atoms with Crippen molar-refractivity contribution in [2.75, 3.05) is 12.5 Å². The molecule has 0 atom stereocenters. The molecule has 0 spiro atoms. The van der Waals surface area contributed by atoms with Crippen molar-refractivity contribution in [1.82, 2.24) is 0 Å². The van der Waals surface area contributed by atoms with Gasteiger partial charge in [0, 0.05) is 45.7 Å². The van der Waals surface area contributed by atoms with Gasteiger partial charge in [0.2, 0.25) is 0 Å². The lowest BCUT2D eigenvalue weighted by Gasteiger charge is -1.99. The third-order valence-corrected chi connectivity index (χ3v) is 5.54. The van der Waals surface area contributed by atoms with Crippen molar-refractivity contribution in [2.24, 2.45) is 0 Å². The molecule has 8 nitrogen and oxygen atoms in total. The van der Waals surface area contributed by atoms with Crippen molar-refractivity contribution in [2.45, 2.75) is 6.92 Å². The molecule has 0 radical (unpaired) electrons. The molecule has 0 amide bonds. The average molecular weight is 434 g/mol. The number of ketones is 2. The Hall–Kier alpha value is -2.98. The molecule has 0 aromatic heterocycles. The molecule has 0 heterocycles. The summed E-state index contributed by atoms with van der Waals surface area (Å²) in [5.41, 5.74) is 0.928. The van der Waals surface area contributed by atoms with Crippen molar-refractivity contribution in [1.29, 1.82) is 0 Å². The zero-order chi connectivity index (χ0) is 22.0. The predicted molar refractivity (Wildman–Crippen MR) is 116 cm³/mol. The molecule has 0 unspecified atom stereocenters. The molecule has 10 heteroatoms. The number of carbonyl (C=O) groups excluding carboxylic acids is 2. The Labute approximate surface area is 175 Å². The topological polar surface area (TPSA) is 120 Å². The maximum Gasteiger partial charge on any atom is 0.269 e. The number of thioether (sulfide) groups is 2. The second-order valence-electron chi connectivity index (χ2n) is 5.40. The minimum Gasteiger partial charge on any atom is -0.295 e. The largest absolute Gasteiger partial charge is 0.295 e. The second-order valence-corrected chi connectivity index (χ2v) is 7.35. The van der Waals surface area contributed by atoms with E-state index in [-0.39, 0.29) is 22.9 Å². The maximum atomic E-state index is 11.8. The highest BCUT2D eigenvalue weighted by atomic mass is 32.2. The van der Waals surface area contributed by atoms with E-state index >= 15 is 0 Å². The van der Waals surface area contributed by atoms with Gasteiger partial charge in [0.25, 0.3) is 11.4 Å². The van der Waals surface area contributed by atoms with Gasteiger partial charge >= 0.3 is 0 Å². The summed E-state index contributed by atoms with van der Waals surface area (Å²) >= 11 is 2.99. The van der Waals surface area contributed by atoms with E-state index in [1.165, 1.54) is 85.1 Å². The Balaban J connectivity index is 0.000000308. The molecule has 0 saturated carbocycles. The molecule has 29 heavy (non-hydrogen) atoms. The van der Waals surface area contributed by atoms with Gasteiger partial charge in [0.1, 0.15) is 0 Å². The summed E-state index contributed by atoms with van der Waals surface area (Å²) in [7, 11) is 0. The van der Waals surface area contributed by atoms with Crippen LogP contribution >= 0.6 is 23.5 Å². The second kappa shape index (κ2) is 11.8. The third kappa shape index (κ3) is 7.88. The van der Waals surface area contributed by atoms with E-state index in [1.54, 1.807) is 0 Å². The summed E-state index contributed by atoms with van der Waals surface area (Å²) in [6, 6.07) is 11.1. The van der Waals surface area contributed by atoms with Crippen LogP contribution in [0.3, 0.4) is 0 Å². The van der Waals surface area contributed by atoms with E-state index in [4.69, 9.17) is 0 Å². The minimum atomic E-state index is -0.496. The van der Waals surface area contributed by atoms with E-state index < -0.39 is 9.85 Å². The quantitative estimate of drug-likeness (QED) is 0.254. The Morgan fingerprint density at radius 3 is 1.48 bits per heavy atom. The van der Waals surface area contributed by atoms with Gasteiger partial charge in [-0.05, 0) is 43.7 Å². The number of nitro benzene ring substituents is 2. The smallest absolute Gasteiger partial charge is 0.269 e. The highest BCUT2D eigenvalue weighted by Crippen LogP contribution is 2.24. The molecule has 0 aliphatic carbocycles. The fraction of sp³-hybridized carbons (Fsp3) is 0.158. The van der Waals surface area contributed by atoms with Crippen LogP contribution in [0, 0.1) is 20.2 Å². The first-order chi connectivity index (χ1) is 13.7. The zero-order valence-electron chi connectivity index (χ0n) is 15.9. The lowest BCUT2D eigenvalue weighted by Crippen LogP contribution is -1.96. The number of nitrogens with zero attached hydrogens (tertiary/aromatic N) is 2. The van der Waals surface area contributed by atoms with Crippen LogP contribution in [0.5, 0.6) is 0 Å². The number of non-ortho nitro benzene ring substituents is 2. The number of allylic oxidation sites excluding steroid dienone is 1. The van der Waals surface area contributed by atoms with E-state index in [1.807, 2.05) is 12.5 Å². The summed E-state index contributed by atoms with van der Waals surface area (Å²) in [6.07, 6.45) is 5.33. The Kier molecular flexibility index (Phi) is 9.76. The van der Waals surface area contributed by atoms with Crippen LogP contribution in [0.25, 0.3) is 0 Å². The zero-order valence-corrected chi connectivity index (χ0v) is 17.5. The molecule has 0 N–H and O–H groups in total. The number of rotatable bonds is 7. The normalized spacial score (nSPS) is 9.62. The fourth-order valence-electron chi connectivity index (χ4n) is 1.96. The molecule has 0 fully saturated rings. The first-order valence-electron chi connectivity index (χ1n) is 8.03. The van der Waals surface area contributed by atoms with Gasteiger partial charge in [-0.3, -0.25) is 29.8 Å². The molecule has 2 rings (SSSR count). The number of nitro groups is 2. The first-order valence-corrected chi connectivity index (χ1v) is 10.5. The number of benzene rings is 2. The molecular weight excluding hydrogens is 416 g/mol. The summed E-state index contributed by atoms with van der Waals surface area (Å²) in [6.45, 7) is 1.42. The van der Waals surface area contributed by atoms with Gasteiger partial charge in [-0.2, -0.15) is 0 Å². The van der Waals surface area contributed by atoms with E-state index in [9.17, 15) is 29.8 Å². The van der Waals surface area contributed by atoms with Crippen molar-refractivity contribution >= 4 is 46.5 Å². The summed E-state index contributed by atoms with van der Waals surface area (Å²) in [5.74, 6) is -0.233. The lowest BCUT2D eigenvalue weighted by atomic mass is 10.1. The molecule has 2 aromatic carbocycles. The Morgan fingerprint density at radius 1 is 0.793 bits per heavy atom. The number of Topliss-reactive ketones (excluding diaryl/α,β-unsaturated/α-hetero) is 1. The van der Waals surface area contributed by atoms with Gasteiger partial charge in [-0.15, -0.1) is 23.5 Å². The van der Waals surface area contributed by atoms with Crippen molar-refractivity contribution in [3.63, 3.8) is 0 Å². The van der Waals surface area contributed by atoms with E-state index in [0.717, 1.165) is 4.24 Å². The van der Waals surface area contributed by atoms with Crippen molar-refractivity contribution < 1.29 is 19.4 Å². The minimum absolute atomic E-state index is 0.000000000000000222. The van der Waals surface area contributed by atoms with E-state index in [2.05, 4.69) is 0 Å². The monoisotopic (exact) mass is 434 g/mol. The van der Waals surface area contributed by atoms with Gasteiger partial charge in [0.05, 0.1) is 9.85 Å². The third-order valence-electron chi connectivity index (χ3n) is 3.50. The van der Waals surface area contributed by atoms with Crippen LogP contribution < -0.4 is 0 Å². The number of hydrogen-bond donors (Lipinski definition) is 0. The van der Waals surface area contributed by atoms with Crippen LogP contribution in [0.4, 0.5) is 11.4 Å². The fourth-order valence-corrected chi connectivity index (χ4v) is 3.07. The molecule has 152 valence electrons. The van der Waals surface area contributed by atoms with Gasteiger partial charge in [-0.25, -0.2) is 0 Å². The molecule has 2 aromatic rings. The number of hydrogen-bond acceptors (Lipinski definition) is 8. The summed E-state index contributed by atoms with van der Waals surface area (Å²) in [5, 5.41) is 20.7. The Bertz CT molecular complexity index is 886. The van der Waals surface area contributed by atoms with Crippen LogP contribution in [0.1, 0.15) is 27.6 Å². The highest BCUT2D eigenvalue weighted by molar-refractivity contribution is 8.21. The number of carbonyl (C=O) groups is 2. The van der Waals surface area contributed by atoms with Crippen LogP contribution in [0.15, 0.2) is 58.8 Å². The summed E-state index contributed by atoms with van der Waals surface area (Å²) < 4.78 is 0.911. The molecule has 0 aliphatic rings. The highest BCUT2D eigenvalue weighted by Gasteiger charge is 2.08. The van der Waals surface area contributed by atoms with Crippen LogP contribution in [-0.2, 0) is 0 Å². The molecule has 0 bridgehead atoms. The molecular formula is C19H18N2O6S2.